The van der Waals surface area contributed by atoms with E-state index < -0.39 is 0 Å². The van der Waals surface area contributed by atoms with Crippen LogP contribution in [0.15, 0.2) is 72.8 Å². The van der Waals surface area contributed by atoms with Crippen molar-refractivity contribution in [3.63, 3.8) is 0 Å². The summed E-state index contributed by atoms with van der Waals surface area (Å²) in [5.41, 5.74) is 1.80. The first-order valence-corrected chi connectivity index (χ1v) is 9.39. The first-order chi connectivity index (χ1) is 13.1. The molecule has 3 aromatic rings. The summed E-state index contributed by atoms with van der Waals surface area (Å²) in [6.45, 7) is 2.10. The number of aromatic nitrogens is 1. The van der Waals surface area contributed by atoms with Crippen molar-refractivity contribution in [3.8, 4) is 24.0 Å². The zero-order valence-corrected chi connectivity index (χ0v) is 16.1. The second-order valence-corrected chi connectivity index (χ2v) is 7.16. The van der Waals surface area contributed by atoms with Gasteiger partial charge in [0.15, 0.2) is 0 Å². The molecule has 27 heavy (non-hydrogen) atoms. The fraction of sp³-hybridized carbons (Fsp3) is 0.208. The molecule has 0 fully saturated rings. The van der Waals surface area contributed by atoms with Crippen LogP contribution < -0.4 is 4.74 Å². The van der Waals surface area contributed by atoms with E-state index in [1.807, 2.05) is 72.8 Å². The van der Waals surface area contributed by atoms with Crippen LogP contribution in [0, 0.1) is 12.3 Å². The first kappa shape index (κ1) is 19.0. The minimum atomic E-state index is -0.317. The lowest BCUT2D eigenvalue weighted by Crippen LogP contribution is -2.19. The maximum Gasteiger partial charge on any atom is 0.219 e. The summed E-state index contributed by atoms with van der Waals surface area (Å²) in [5.74, 6) is 4.35. The molecule has 0 saturated carbocycles. The standard InChI is InChI=1S/C24H22ClNO/c1-3-24(2,19-14-16-20(25)17-15-19)18-8-10-21-9-7-13-23(26-21)27-22-11-5-4-6-12-22/h1,4-7,9,11-17H,8,10,18H2,2H3. The van der Waals surface area contributed by atoms with Gasteiger partial charge in [-0.2, -0.15) is 0 Å². The summed E-state index contributed by atoms with van der Waals surface area (Å²) < 4.78 is 5.81. The average molecular weight is 376 g/mol. The summed E-state index contributed by atoms with van der Waals surface area (Å²) in [4.78, 5) is 4.61. The van der Waals surface area contributed by atoms with Crippen LogP contribution in [0.1, 0.15) is 31.0 Å². The lowest BCUT2D eigenvalue weighted by Gasteiger charge is -2.24. The molecule has 0 bridgehead atoms. The lowest BCUT2D eigenvalue weighted by molar-refractivity contribution is 0.459. The molecule has 0 radical (unpaired) electrons. The Bertz CT molecular complexity index is 915. The molecule has 3 heteroatoms. The number of rotatable bonds is 7. The molecule has 0 N–H and O–H groups in total. The van der Waals surface area contributed by atoms with Crippen LogP contribution in [-0.2, 0) is 11.8 Å². The molecule has 0 spiro atoms. The van der Waals surface area contributed by atoms with E-state index in [4.69, 9.17) is 22.8 Å². The maximum atomic E-state index is 5.99. The third-order valence-corrected chi connectivity index (χ3v) is 4.91. The van der Waals surface area contributed by atoms with Gasteiger partial charge >= 0.3 is 0 Å². The van der Waals surface area contributed by atoms with Crippen LogP contribution in [-0.4, -0.2) is 4.98 Å². The molecule has 0 saturated heterocycles. The van der Waals surface area contributed by atoms with Gasteiger partial charge in [0.1, 0.15) is 5.75 Å². The Labute approximate surface area is 166 Å². The number of nitrogens with zero attached hydrogens (tertiary/aromatic N) is 1. The molecule has 2 aromatic carbocycles. The van der Waals surface area contributed by atoms with Gasteiger partial charge in [0.2, 0.25) is 5.88 Å². The molecule has 1 heterocycles. The molecule has 0 amide bonds. The largest absolute Gasteiger partial charge is 0.439 e. The van der Waals surface area contributed by atoms with Crippen LogP contribution in [0.25, 0.3) is 0 Å². The highest BCUT2D eigenvalue weighted by atomic mass is 35.5. The van der Waals surface area contributed by atoms with Crippen molar-refractivity contribution in [1.82, 2.24) is 4.98 Å². The molecule has 136 valence electrons. The van der Waals surface area contributed by atoms with E-state index in [1.165, 1.54) is 0 Å². The zero-order chi connectivity index (χ0) is 19.1. The van der Waals surface area contributed by atoms with Gasteiger partial charge in [0, 0.05) is 16.8 Å². The number of hydrogen-bond donors (Lipinski definition) is 0. The monoisotopic (exact) mass is 375 g/mol. The Morgan fingerprint density at radius 3 is 2.44 bits per heavy atom. The van der Waals surface area contributed by atoms with Gasteiger partial charge in [-0.15, -0.1) is 6.42 Å². The van der Waals surface area contributed by atoms with Crippen molar-refractivity contribution in [2.24, 2.45) is 0 Å². The average Bonchev–Trinajstić information content (AvgIpc) is 2.69. The van der Waals surface area contributed by atoms with Crippen molar-refractivity contribution in [2.45, 2.75) is 31.6 Å². The smallest absolute Gasteiger partial charge is 0.219 e. The Balaban J connectivity index is 1.62. The lowest BCUT2D eigenvalue weighted by atomic mass is 9.79. The van der Waals surface area contributed by atoms with Crippen molar-refractivity contribution in [1.29, 1.82) is 0 Å². The van der Waals surface area contributed by atoms with Crippen LogP contribution in [0.2, 0.25) is 5.02 Å². The SMILES string of the molecule is C#CC(C)(CCCc1cccc(Oc2ccccc2)n1)c1ccc(Cl)cc1. The number of benzene rings is 2. The highest BCUT2D eigenvalue weighted by Crippen LogP contribution is 2.30. The van der Waals surface area contributed by atoms with Crippen molar-refractivity contribution < 1.29 is 4.74 Å². The fourth-order valence-corrected chi connectivity index (χ4v) is 3.13. The molecule has 0 aliphatic heterocycles. The number of terminal acetylenes is 1. The van der Waals surface area contributed by atoms with Gasteiger partial charge in [0.25, 0.3) is 0 Å². The summed E-state index contributed by atoms with van der Waals surface area (Å²) in [6, 6.07) is 23.3. The van der Waals surface area contributed by atoms with Crippen molar-refractivity contribution in [2.75, 3.05) is 0 Å². The second-order valence-electron chi connectivity index (χ2n) is 6.72. The van der Waals surface area contributed by atoms with Crippen LogP contribution in [0.4, 0.5) is 0 Å². The van der Waals surface area contributed by atoms with Crippen LogP contribution >= 0.6 is 11.6 Å². The number of pyridine rings is 1. The fourth-order valence-electron chi connectivity index (χ4n) is 3.00. The van der Waals surface area contributed by atoms with E-state index >= 15 is 0 Å². The van der Waals surface area contributed by atoms with E-state index in [-0.39, 0.29) is 5.41 Å². The number of para-hydroxylation sites is 1. The molecule has 0 aliphatic rings. The molecule has 1 aromatic heterocycles. The van der Waals surface area contributed by atoms with Crippen LogP contribution in [0.5, 0.6) is 11.6 Å². The van der Waals surface area contributed by atoms with E-state index in [2.05, 4.69) is 17.8 Å². The van der Waals surface area contributed by atoms with Gasteiger partial charge in [-0.3, -0.25) is 0 Å². The molecular weight excluding hydrogens is 354 g/mol. The third-order valence-electron chi connectivity index (χ3n) is 4.66. The van der Waals surface area contributed by atoms with Gasteiger partial charge < -0.3 is 4.74 Å². The highest BCUT2D eigenvalue weighted by Gasteiger charge is 2.23. The Kier molecular flexibility index (Phi) is 6.16. The van der Waals surface area contributed by atoms with Gasteiger partial charge in [0.05, 0.1) is 5.41 Å². The van der Waals surface area contributed by atoms with E-state index in [0.717, 1.165) is 41.3 Å². The number of halogens is 1. The molecule has 0 aliphatic carbocycles. The van der Waals surface area contributed by atoms with Crippen LogP contribution in [0.3, 0.4) is 0 Å². The normalized spacial score (nSPS) is 12.8. The van der Waals surface area contributed by atoms with Gasteiger partial charge in [-0.25, -0.2) is 4.98 Å². The van der Waals surface area contributed by atoms with Crippen molar-refractivity contribution in [3.05, 3.63) is 89.1 Å². The number of aryl methyl sites for hydroxylation is 1. The maximum absolute atomic E-state index is 5.99. The van der Waals surface area contributed by atoms with E-state index in [0.29, 0.717) is 5.88 Å². The molecule has 1 unspecified atom stereocenters. The number of ether oxygens (including phenoxy) is 1. The molecule has 3 rings (SSSR count). The predicted octanol–water partition coefficient (Wildman–Crippen LogP) is 6.44. The first-order valence-electron chi connectivity index (χ1n) is 9.02. The molecule has 1 atom stereocenters. The van der Waals surface area contributed by atoms with E-state index in [9.17, 15) is 0 Å². The molecular formula is C24H22ClNO. The number of hydrogen-bond acceptors (Lipinski definition) is 2. The zero-order valence-electron chi connectivity index (χ0n) is 15.4. The third kappa shape index (κ3) is 5.12. The summed E-state index contributed by atoms with van der Waals surface area (Å²) >= 11 is 5.99. The Hall–Kier alpha value is -2.76. The summed E-state index contributed by atoms with van der Waals surface area (Å²) in [5, 5.41) is 0.720. The minimum absolute atomic E-state index is 0.317. The van der Waals surface area contributed by atoms with Gasteiger partial charge in [-0.1, -0.05) is 53.9 Å². The topological polar surface area (TPSA) is 22.1 Å². The summed E-state index contributed by atoms with van der Waals surface area (Å²) in [7, 11) is 0. The predicted molar refractivity (Wildman–Crippen MR) is 111 cm³/mol. The highest BCUT2D eigenvalue weighted by molar-refractivity contribution is 6.30. The van der Waals surface area contributed by atoms with Crippen molar-refractivity contribution >= 4 is 11.6 Å². The molecule has 2 nitrogen and oxygen atoms in total. The minimum Gasteiger partial charge on any atom is -0.439 e. The summed E-state index contributed by atoms with van der Waals surface area (Å²) in [6.07, 6.45) is 8.50. The van der Waals surface area contributed by atoms with Gasteiger partial charge in [-0.05, 0) is 62.1 Å². The Morgan fingerprint density at radius 1 is 1.00 bits per heavy atom. The Morgan fingerprint density at radius 2 is 1.74 bits per heavy atom. The second kappa shape index (κ2) is 8.75. The van der Waals surface area contributed by atoms with E-state index in [1.54, 1.807) is 0 Å². The quantitative estimate of drug-likeness (QED) is 0.443.